The molecule has 1 aromatic rings. The van der Waals surface area contributed by atoms with E-state index in [1.165, 1.54) is 11.3 Å². The largest absolute Gasteiger partial charge is 0.440 e. The van der Waals surface area contributed by atoms with Crippen molar-refractivity contribution in [1.29, 1.82) is 0 Å². The zero-order valence-corrected chi connectivity index (χ0v) is 9.98. The van der Waals surface area contributed by atoms with Crippen molar-refractivity contribution in [3.63, 3.8) is 0 Å². The number of amides is 1. The van der Waals surface area contributed by atoms with E-state index in [4.69, 9.17) is 0 Å². The third-order valence-corrected chi connectivity index (χ3v) is 2.85. The number of aryl methyl sites for hydroxylation is 1. The van der Waals surface area contributed by atoms with Crippen molar-refractivity contribution in [2.45, 2.75) is 26.1 Å². The van der Waals surface area contributed by atoms with E-state index in [0.717, 1.165) is 5.69 Å². The van der Waals surface area contributed by atoms with Crippen molar-refractivity contribution in [3.05, 3.63) is 16.1 Å². The lowest BCUT2D eigenvalue weighted by Gasteiger charge is -2.12. The number of alkyl carbamates (subject to hydrolysis) is 1. The van der Waals surface area contributed by atoms with Crippen LogP contribution in [-0.2, 0) is 4.74 Å². The van der Waals surface area contributed by atoms with Crippen LogP contribution in [0.25, 0.3) is 0 Å². The Labute approximate surface area is 99.8 Å². The van der Waals surface area contributed by atoms with Crippen LogP contribution in [0, 0.1) is 6.92 Å². The summed E-state index contributed by atoms with van der Waals surface area (Å²) in [7, 11) is 0. The molecular formula is C9H11F3N2O2S. The van der Waals surface area contributed by atoms with Crippen molar-refractivity contribution in [1.82, 2.24) is 10.3 Å². The van der Waals surface area contributed by atoms with Crippen LogP contribution in [0.5, 0.6) is 0 Å². The molecule has 17 heavy (non-hydrogen) atoms. The fraction of sp³-hybridized carbons (Fsp3) is 0.556. The van der Waals surface area contributed by atoms with Crippen LogP contribution >= 0.6 is 11.3 Å². The van der Waals surface area contributed by atoms with Gasteiger partial charge in [-0.25, -0.2) is 9.78 Å². The highest BCUT2D eigenvalue weighted by molar-refractivity contribution is 7.09. The summed E-state index contributed by atoms with van der Waals surface area (Å²) >= 11 is 1.32. The normalized spacial score (nSPS) is 13.2. The van der Waals surface area contributed by atoms with Gasteiger partial charge in [-0.05, 0) is 13.8 Å². The molecule has 4 nitrogen and oxygen atoms in total. The van der Waals surface area contributed by atoms with E-state index in [2.05, 4.69) is 15.0 Å². The summed E-state index contributed by atoms with van der Waals surface area (Å²) in [5, 5.41) is 4.67. The molecule has 0 aromatic carbocycles. The quantitative estimate of drug-likeness (QED) is 0.917. The molecule has 0 spiro atoms. The minimum atomic E-state index is -4.52. The average molecular weight is 268 g/mol. The Hall–Kier alpha value is -1.31. The number of aromatic nitrogens is 1. The summed E-state index contributed by atoms with van der Waals surface area (Å²) in [5.74, 6) is 0. The first-order valence-corrected chi connectivity index (χ1v) is 5.58. The minimum Gasteiger partial charge on any atom is -0.440 e. The van der Waals surface area contributed by atoms with Gasteiger partial charge in [0.25, 0.3) is 0 Å². The average Bonchev–Trinajstić information content (AvgIpc) is 2.61. The number of halogens is 3. The van der Waals surface area contributed by atoms with Gasteiger partial charge in [-0.2, -0.15) is 13.2 Å². The lowest BCUT2D eigenvalue weighted by atomic mass is 10.3. The van der Waals surface area contributed by atoms with E-state index in [9.17, 15) is 18.0 Å². The topological polar surface area (TPSA) is 51.2 Å². The molecule has 0 aliphatic heterocycles. The van der Waals surface area contributed by atoms with Crippen molar-refractivity contribution in [2.24, 2.45) is 0 Å². The van der Waals surface area contributed by atoms with Gasteiger partial charge in [0.15, 0.2) is 6.61 Å². The highest BCUT2D eigenvalue weighted by Crippen LogP contribution is 2.18. The maximum Gasteiger partial charge on any atom is 0.422 e. The summed E-state index contributed by atoms with van der Waals surface area (Å²) in [6.45, 7) is 1.81. The molecule has 1 rings (SSSR count). The molecule has 1 amide bonds. The van der Waals surface area contributed by atoms with E-state index in [0.29, 0.717) is 5.01 Å². The second kappa shape index (κ2) is 5.35. The SMILES string of the molecule is Cc1csc(C(C)NC(=O)OCC(F)(F)F)n1. The third-order valence-electron chi connectivity index (χ3n) is 1.71. The maximum absolute atomic E-state index is 11.8. The predicted molar refractivity (Wildman–Crippen MR) is 55.8 cm³/mol. The van der Waals surface area contributed by atoms with Gasteiger partial charge < -0.3 is 10.1 Å². The van der Waals surface area contributed by atoms with Gasteiger partial charge in [-0.15, -0.1) is 11.3 Å². The van der Waals surface area contributed by atoms with Gasteiger partial charge in [0, 0.05) is 11.1 Å². The highest BCUT2D eigenvalue weighted by Gasteiger charge is 2.29. The smallest absolute Gasteiger partial charge is 0.422 e. The van der Waals surface area contributed by atoms with E-state index in [1.807, 2.05) is 0 Å². The van der Waals surface area contributed by atoms with E-state index in [1.54, 1.807) is 19.2 Å². The molecule has 1 N–H and O–H groups in total. The van der Waals surface area contributed by atoms with Crippen LogP contribution < -0.4 is 5.32 Å². The highest BCUT2D eigenvalue weighted by atomic mass is 32.1. The van der Waals surface area contributed by atoms with Gasteiger partial charge in [0.1, 0.15) is 5.01 Å². The van der Waals surface area contributed by atoms with Crippen LogP contribution in [0.3, 0.4) is 0 Å². The Bertz CT molecular complexity index is 392. The first-order valence-electron chi connectivity index (χ1n) is 4.70. The second-order valence-electron chi connectivity index (χ2n) is 3.38. The van der Waals surface area contributed by atoms with E-state index < -0.39 is 24.9 Å². The Morgan fingerprint density at radius 2 is 2.29 bits per heavy atom. The third kappa shape index (κ3) is 5.03. The zero-order chi connectivity index (χ0) is 13.1. The number of hydrogen-bond acceptors (Lipinski definition) is 4. The predicted octanol–water partition coefficient (Wildman–Crippen LogP) is 2.80. The summed E-state index contributed by atoms with van der Waals surface area (Å²) < 4.78 is 39.3. The molecule has 96 valence electrons. The Morgan fingerprint density at radius 3 is 2.76 bits per heavy atom. The number of rotatable bonds is 3. The molecule has 0 saturated carbocycles. The number of hydrogen-bond donors (Lipinski definition) is 1. The number of nitrogens with zero attached hydrogens (tertiary/aromatic N) is 1. The Morgan fingerprint density at radius 1 is 1.65 bits per heavy atom. The first-order chi connectivity index (χ1) is 7.78. The lowest BCUT2D eigenvalue weighted by Crippen LogP contribution is -2.30. The Kier molecular flexibility index (Phi) is 4.33. The molecule has 0 fully saturated rings. The molecule has 0 aliphatic rings. The number of alkyl halides is 3. The molecule has 1 aromatic heterocycles. The first kappa shape index (κ1) is 13.8. The van der Waals surface area contributed by atoms with Crippen molar-refractivity contribution in [2.75, 3.05) is 6.61 Å². The summed E-state index contributed by atoms with van der Waals surface area (Å²) in [6, 6.07) is -0.477. The van der Waals surface area contributed by atoms with Crippen molar-refractivity contribution >= 4 is 17.4 Å². The minimum absolute atomic E-state index is 0.477. The number of ether oxygens (including phenoxy) is 1. The second-order valence-corrected chi connectivity index (χ2v) is 4.27. The molecule has 0 bridgehead atoms. The van der Waals surface area contributed by atoms with Crippen LogP contribution in [0.1, 0.15) is 23.7 Å². The molecule has 1 atom stereocenters. The van der Waals surface area contributed by atoms with Gasteiger partial charge in [0.05, 0.1) is 6.04 Å². The monoisotopic (exact) mass is 268 g/mol. The molecule has 1 heterocycles. The van der Waals surface area contributed by atoms with Crippen LogP contribution in [0.2, 0.25) is 0 Å². The number of carbonyl (C=O) groups is 1. The maximum atomic E-state index is 11.8. The number of nitrogens with one attached hydrogen (secondary N) is 1. The van der Waals surface area contributed by atoms with Crippen LogP contribution in [0.4, 0.5) is 18.0 Å². The molecule has 0 aliphatic carbocycles. The molecule has 8 heteroatoms. The standard InChI is InChI=1S/C9H11F3N2O2S/c1-5-3-17-7(13-5)6(2)14-8(15)16-4-9(10,11)12/h3,6H,4H2,1-2H3,(H,14,15). The molecule has 0 saturated heterocycles. The van der Waals surface area contributed by atoms with Gasteiger partial charge in [-0.1, -0.05) is 0 Å². The Balaban J connectivity index is 2.41. The fourth-order valence-corrected chi connectivity index (χ4v) is 1.80. The molecule has 1 unspecified atom stereocenters. The summed E-state index contributed by atoms with van der Waals surface area (Å²) in [5.41, 5.74) is 0.794. The van der Waals surface area contributed by atoms with Crippen LogP contribution in [0.15, 0.2) is 5.38 Å². The van der Waals surface area contributed by atoms with Crippen molar-refractivity contribution < 1.29 is 22.7 Å². The molecule has 0 radical (unpaired) electrons. The zero-order valence-electron chi connectivity index (χ0n) is 9.17. The molecular weight excluding hydrogens is 257 g/mol. The summed E-state index contributed by atoms with van der Waals surface area (Å²) in [6.07, 6.45) is -5.62. The van der Waals surface area contributed by atoms with E-state index >= 15 is 0 Å². The van der Waals surface area contributed by atoms with Gasteiger partial charge >= 0.3 is 12.3 Å². The number of carbonyl (C=O) groups excluding carboxylic acids is 1. The van der Waals surface area contributed by atoms with Crippen molar-refractivity contribution in [3.8, 4) is 0 Å². The van der Waals surface area contributed by atoms with Gasteiger partial charge in [-0.3, -0.25) is 0 Å². The van der Waals surface area contributed by atoms with E-state index in [-0.39, 0.29) is 0 Å². The van der Waals surface area contributed by atoms with Crippen LogP contribution in [-0.4, -0.2) is 23.9 Å². The summed E-state index contributed by atoms with van der Waals surface area (Å²) in [4.78, 5) is 15.1. The number of thiazole rings is 1. The fourth-order valence-electron chi connectivity index (χ4n) is 0.999. The lowest BCUT2D eigenvalue weighted by molar-refractivity contribution is -0.160. The van der Waals surface area contributed by atoms with Gasteiger partial charge in [0.2, 0.25) is 0 Å².